The summed E-state index contributed by atoms with van der Waals surface area (Å²) in [5.74, 6) is -0.224. The van der Waals surface area contributed by atoms with Gasteiger partial charge in [-0.1, -0.05) is 0 Å². The fourth-order valence-electron chi connectivity index (χ4n) is 3.61. The lowest BCUT2D eigenvalue weighted by atomic mass is 9.89. The van der Waals surface area contributed by atoms with Crippen molar-refractivity contribution in [1.29, 1.82) is 0 Å². The first-order chi connectivity index (χ1) is 10.5. The fraction of sp³-hybridized carbons (Fsp3) is 0.812. The molecule has 2 fully saturated rings. The molecule has 0 aromatic heterocycles. The molecule has 0 aromatic rings. The highest BCUT2D eigenvalue weighted by atomic mass is 16.6. The number of hydrogen-bond acceptors (Lipinski definition) is 6. The van der Waals surface area contributed by atoms with Crippen LogP contribution in [0.2, 0.25) is 0 Å². The zero-order chi connectivity index (χ0) is 16.2. The first-order valence-corrected chi connectivity index (χ1v) is 7.86. The van der Waals surface area contributed by atoms with Crippen molar-refractivity contribution >= 4 is 18.2 Å². The predicted octanol–water partition coefficient (Wildman–Crippen LogP) is 1.79. The molecule has 6 nitrogen and oxygen atoms in total. The smallest absolute Gasteiger partial charge is 0.305 e. The maximum atomic E-state index is 11.5. The van der Waals surface area contributed by atoms with E-state index >= 15 is 0 Å². The topological polar surface area (TPSA) is 78.9 Å². The Hall–Kier alpha value is -1.43. The number of fused-ring (bicyclic) bond motifs is 1. The lowest BCUT2D eigenvalue weighted by Gasteiger charge is -2.24. The Morgan fingerprint density at radius 2 is 2.09 bits per heavy atom. The monoisotopic (exact) mass is 312 g/mol. The van der Waals surface area contributed by atoms with E-state index in [4.69, 9.17) is 9.47 Å². The summed E-state index contributed by atoms with van der Waals surface area (Å²) in [5.41, 5.74) is -0.730. The normalized spacial score (nSPS) is 33.3. The Balaban J connectivity index is 1.79. The molecule has 2 rings (SSSR count). The quantitative estimate of drug-likeness (QED) is 0.405. The third-order valence-corrected chi connectivity index (χ3v) is 4.59. The van der Waals surface area contributed by atoms with Crippen LogP contribution in [0.25, 0.3) is 0 Å². The third-order valence-electron chi connectivity index (χ3n) is 4.59. The van der Waals surface area contributed by atoms with Crippen LogP contribution in [0.4, 0.5) is 0 Å². The van der Waals surface area contributed by atoms with Gasteiger partial charge in [-0.05, 0) is 38.0 Å². The average molecular weight is 312 g/mol. The minimum atomic E-state index is -0.730. The summed E-state index contributed by atoms with van der Waals surface area (Å²) in [4.78, 5) is 33.6. The summed E-state index contributed by atoms with van der Waals surface area (Å²) in [7, 11) is 1.37. The Labute approximate surface area is 130 Å². The molecule has 0 amide bonds. The van der Waals surface area contributed by atoms with Gasteiger partial charge in [-0.3, -0.25) is 9.59 Å². The van der Waals surface area contributed by atoms with Gasteiger partial charge in [-0.2, -0.15) is 0 Å². The highest BCUT2D eigenvalue weighted by Crippen LogP contribution is 2.46. The van der Waals surface area contributed by atoms with E-state index in [1.807, 2.05) is 0 Å². The van der Waals surface area contributed by atoms with Crippen LogP contribution in [0.5, 0.6) is 0 Å². The first-order valence-electron chi connectivity index (χ1n) is 7.86. The van der Waals surface area contributed by atoms with Gasteiger partial charge in [0.15, 0.2) is 6.29 Å². The molecule has 124 valence electrons. The molecular formula is C16H24O6. The molecule has 1 saturated heterocycles. The second-order valence-corrected chi connectivity index (χ2v) is 6.29. The van der Waals surface area contributed by atoms with E-state index in [-0.39, 0.29) is 30.1 Å². The molecular weight excluding hydrogens is 288 g/mol. The molecule has 0 spiro atoms. The van der Waals surface area contributed by atoms with Gasteiger partial charge in [0, 0.05) is 19.8 Å². The maximum Gasteiger partial charge on any atom is 0.305 e. The zero-order valence-corrected chi connectivity index (χ0v) is 13.2. The van der Waals surface area contributed by atoms with E-state index in [0.29, 0.717) is 32.1 Å². The van der Waals surface area contributed by atoms with Crippen LogP contribution in [0.15, 0.2) is 0 Å². The number of unbranched alkanes of at least 4 members (excludes halogenated alkanes) is 1. The van der Waals surface area contributed by atoms with Gasteiger partial charge in [0.1, 0.15) is 11.7 Å². The molecule has 2 aliphatic rings. The van der Waals surface area contributed by atoms with Crippen molar-refractivity contribution < 1.29 is 28.6 Å². The number of rotatable bonds is 7. The van der Waals surface area contributed by atoms with E-state index in [2.05, 4.69) is 4.74 Å². The van der Waals surface area contributed by atoms with E-state index in [1.165, 1.54) is 14.0 Å². The van der Waals surface area contributed by atoms with Crippen molar-refractivity contribution in [1.82, 2.24) is 0 Å². The van der Waals surface area contributed by atoms with Crippen molar-refractivity contribution in [3.8, 4) is 0 Å². The molecule has 1 aliphatic heterocycles. The Morgan fingerprint density at radius 1 is 1.32 bits per heavy atom. The molecule has 22 heavy (non-hydrogen) atoms. The molecule has 1 saturated carbocycles. The summed E-state index contributed by atoms with van der Waals surface area (Å²) < 4.78 is 15.8. The number of ether oxygens (including phenoxy) is 3. The van der Waals surface area contributed by atoms with Crippen molar-refractivity contribution in [2.24, 2.45) is 5.92 Å². The van der Waals surface area contributed by atoms with Crippen LogP contribution in [-0.4, -0.2) is 43.1 Å². The van der Waals surface area contributed by atoms with Crippen molar-refractivity contribution in [3.63, 3.8) is 0 Å². The molecule has 6 heteroatoms. The summed E-state index contributed by atoms with van der Waals surface area (Å²) in [6.07, 6.45) is 5.36. The molecule has 0 bridgehead atoms. The van der Waals surface area contributed by atoms with Crippen LogP contribution >= 0.6 is 0 Å². The summed E-state index contributed by atoms with van der Waals surface area (Å²) in [6.45, 7) is 1.41. The van der Waals surface area contributed by atoms with Gasteiger partial charge in [0.25, 0.3) is 0 Å². The van der Waals surface area contributed by atoms with Gasteiger partial charge < -0.3 is 19.0 Å². The van der Waals surface area contributed by atoms with Gasteiger partial charge in [-0.15, -0.1) is 0 Å². The molecule has 1 heterocycles. The minimum Gasteiger partial charge on any atom is -0.469 e. The number of esters is 2. The molecule has 1 aliphatic carbocycles. The molecule has 4 unspecified atom stereocenters. The van der Waals surface area contributed by atoms with E-state index in [0.717, 1.165) is 19.1 Å². The number of carbonyl (C=O) groups excluding carboxylic acids is 3. The lowest BCUT2D eigenvalue weighted by molar-refractivity contribution is -0.148. The highest BCUT2D eigenvalue weighted by molar-refractivity contribution is 5.69. The molecule has 0 N–H and O–H groups in total. The number of methoxy groups -OCH3 is 1. The van der Waals surface area contributed by atoms with Gasteiger partial charge in [0.2, 0.25) is 0 Å². The Bertz CT molecular complexity index is 418. The van der Waals surface area contributed by atoms with E-state index in [9.17, 15) is 14.4 Å². The van der Waals surface area contributed by atoms with Gasteiger partial charge in [-0.25, -0.2) is 0 Å². The Kier molecular flexibility index (Phi) is 5.56. The van der Waals surface area contributed by atoms with Gasteiger partial charge in [0.05, 0.1) is 13.2 Å². The number of hydrogen-bond donors (Lipinski definition) is 0. The van der Waals surface area contributed by atoms with Crippen LogP contribution in [0, 0.1) is 5.92 Å². The largest absolute Gasteiger partial charge is 0.469 e. The summed E-state index contributed by atoms with van der Waals surface area (Å²) in [6, 6.07) is 0. The Morgan fingerprint density at radius 3 is 2.68 bits per heavy atom. The van der Waals surface area contributed by atoms with Crippen LogP contribution in [-0.2, 0) is 28.6 Å². The fourth-order valence-corrected chi connectivity index (χ4v) is 3.61. The van der Waals surface area contributed by atoms with Crippen LogP contribution < -0.4 is 0 Å². The van der Waals surface area contributed by atoms with Crippen molar-refractivity contribution in [2.75, 3.05) is 7.11 Å². The minimum absolute atomic E-state index is 0.00448. The van der Waals surface area contributed by atoms with Crippen LogP contribution in [0.1, 0.15) is 51.9 Å². The van der Waals surface area contributed by atoms with Crippen LogP contribution in [0.3, 0.4) is 0 Å². The second kappa shape index (κ2) is 7.22. The predicted molar refractivity (Wildman–Crippen MR) is 77.0 cm³/mol. The zero-order valence-electron chi connectivity index (χ0n) is 13.2. The summed E-state index contributed by atoms with van der Waals surface area (Å²) in [5, 5.41) is 0. The second-order valence-electron chi connectivity index (χ2n) is 6.29. The lowest BCUT2D eigenvalue weighted by Crippen LogP contribution is -2.32. The molecule has 4 atom stereocenters. The molecule has 0 aromatic carbocycles. The first kappa shape index (κ1) is 16.9. The van der Waals surface area contributed by atoms with E-state index < -0.39 is 5.60 Å². The van der Waals surface area contributed by atoms with Crippen molar-refractivity contribution in [2.45, 2.75) is 69.7 Å². The SMILES string of the molecule is COC(=O)CCCCC1(C=O)CC2CC(OC(C)=O)CC2O1. The van der Waals surface area contributed by atoms with Crippen molar-refractivity contribution in [3.05, 3.63) is 0 Å². The average Bonchev–Trinajstić information content (AvgIpc) is 2.98. The maximum absolute atomic E-state index is 11.5. The number of aldehydes is 1. The third kappa shape index (κ3) is 4.06. The van der Waals surface area contributed by atoms with E-state index in [1.54, 1.807) is 0 Å². The summed E-state index contributed by atoms with van der Waals surface area (Å²) >= 11 is 0. The number of carbonyl (C=O) groups is 3. The van der Waals surface area contributed by atoms with Gasteiger partial charge >= 0.3 is 11.9 Å². The standard InChI is InChI=1S/C16H24O6/c1-11(18)21-13-7-12-9-16(10-17,22-14(12)8-13)6-4-3-5-15(19)20-2/h10,12-14H,3-9H2,1-2H3. The highest BCUT2D eigenvalue weighted by Gasteiger charge is 2.51. The molecule has 0 radical (unpaired) electrons.